The number of halogens is 8. The second kappa shape index (κ2) is 12.0. The molecule has 0 fully saturated rings. The molecule has 3 aromatic carbocycles. The van der Waals surface area contributed by atoms with Gasteiger partial charge < -0.3 is 0 Å². The van der Waals surface area contributed by atoms with Gasteiger partial charge in [0.15, 0.2) is 23.3 Å². The maximum absolute atomic E-state index is 15.1. The third-order valence-corrected chi connectivity index (χ3v) is 5.41. The summed E-state index contributed by atoms with van der Waals surface area (Å²) in [5, 5.41) is 14.8. The zero-order valence-electron chi connectivity index (χ0n) is 18.4. The SMILES string of the molecule is Cc1ccc(N=NC(=C(Cl)Cl)c2c(F)c(F)c(C(N=Nc3ccc(C)cc3)=C(Cl)Cl)c(F)c2F)cc1. The van der Waals surface area contributed by atoms with Crippen LogP contribution in [0.25, 0.3) is 11.4 Å². The summed E-state index contributed by atoms with van der Waals surface area (Å²) in [7, 11) is 0. The lowest BCUT2D eigenvalue weighted by molar-refractivity contribution is 0.446. The molecule has 186 valence electrons. The Kier molecular flexibility index (Phi) is 9.24. The van der Waals surface area contributed by atoms with Crippen molar-refractivity contribution in [2.75, 3.05) is 0 Å². The fraction of sp³-hybridized carbons (Fsp3) is 0.0833. The van der Waals surface area contributed by atoms with Crippen molar-refractivity contribution in [3.8, 4) is 0 Å². The monoisotopic (exact) mass is 574 g/mol. The van der Waals surface area contributed by atoms with E-state index in [1.807, 2.05) is 13.8 Å². The second-order valence-electron chi connectivity index (χ2n) is 7.30. The Morgan fingerprint density at radius 2 is 0.806 bits per heavy atom. The summed E-state index contributed by atoms with van der Waals surface area (Å²) in [6.07, 6.45) is 0. The average molecular weight is 576 g/mol. The first-order valence-electron chi connectivity index (χ1n) is 9.95. The van der Waals surface area contributed by atoms with Crippen LogP contribution in [0.3, 0.4) is 0 Å². The lowest BCUT2D eigenvalue weighted by Crippen LogP contribution is -2.08. The number of benzene rings is 3. The molecule has 0 aliphatic heterocycles. The number of nitrogens with zero attached hydrogens (tertiary/aromatic N) is 4. The Hall–Kier alpha value is -2.78. The first-order valence-corrected chi connectivity index (χ1v) is 11.5. The molecule has 4 nitrogen and oxygen atoms in total. The minimum atomic E-state index is -1.88. The highest BCUT2D eigenvalue weighted by molar-refractivity contribution is 6.58. The molecule has 0 aliphatic rings. The minimum absolute atomic E-state index is 0.265. The Morgan fingerprint density at radius 3 is 1.06 bits per heavy atom. The minimum Gasteiger partial charge on any atom is -0.203 e. The van der Waals surface area contributed by atoms with Crippen LogP contribution in [0, 0.1) is 37.1 Å². The maximum Gasteiger partial charge on any atom is 0.172 e. The van der Waals surface area contributed by atoms with Gasteiger partial charge in [-0.05, 0) is 38.1 Å². The van der Waals surface area contributed by atoms with Crippen molar-refractivity contribution >= 4 is 69.2 Å². The lowest BCUT2D eigenvalue weighted by atomic mass is 10.0. The molecule has 3 aromatic rings. The first-order chi connectivity index (χ1) is 17.0. The van der Waals surface area contributed by atoms with Crippen molar-refractivity contribution in [2.45, 2.75) is 13.8 Å². The standard InChI is InChI=1S/C24H14Cl4F4N4/c1-11-3-7-13(8-4-11)33-35-21(23(25)26)15-17(29)19(31)16(20(32)18(15)30)22(24(27)28)36-34-14-9-5-12(2)6-10-14/h3-10H,1-2H3. The van der Waals surface area contributed by atoms with E-state index < -0.39 is 54.8 Å². The molecular weight excluding hydrogens is 562 g/mol. The van der Waals surface area contributed by atoms with E-state index in [-0.39, 0.29) is 11.4 Å². The molecule has 0 bridgehead atoms. The van der Waals surface area contributed by atoms with Crippen molar-refractivity contribution in [1.29, 1.82) is 0 Å². The molecule has 0 saturated heterocycles. The van der Waals surface area contributed by atoms with Crippen LogP contribution >= 0.6 is 46.4 Å². The number of rotatable bonds is 6. The molecule has 0 atom stereocenters. The van der Waals surface area contributed by atoms with Crippen LogP contribution in [0.4, 0.5) is 28.9 Å². The van der Waals surface area contributed by atoms with Gasteiger partial charge in [-0.25, -0.2) is 17.6 Å². The van der Waals surface area contributed by atoms with Crippen LogP contribution in [0.2, 0.25) is 0 Å². The first kappa shape index (κ1) is 27.8. The van der Waals surface area contributed by atoms with Gasteiger partial charge in [-0.2, -0.15) is 10.2 Å². The van der Waals surface area contributed by atoms with Gasteiger partial charge >= 0.3 is 0 Å². The second-order valence-corrected chi connectivity index (χ2v) is 9.19. The van der Waals surface area contributed by atoms with Gasteiger partial charge in [-0.1, -0.05) is 81.8 Å². The number of hydrogen-bond donors (Lipinski definition) is 0. The van der Waals surface area contributed by atoms with Gasteiger partial charge in [0, 0.05) is 0 Å². The zero-order chi connectivity index (χ0) is 26.6. The van der Waals surface area contributed by atoms with Gasteiger partial charge in [0.2, 0.25) is 0 Å². The van der Waals surface area contributed by atoms with Crippen molar-refractivity contribution < 1.29 is 17.6 Å². The molecule has 0 aromatic heterocycles. The molecule has 0 saturated carbocycles. The average Bonchev–Trinajstić information content (AvgIpc) is 2.83. The Morgan fingerprint density at radius 1 is 0.528 bits per heavy atom. The van der Waals surface area contributed by atoms with E-state index in [4.69, 9.17) is 46.4 Å². The van der Waals surface area contributed by atoms with Crippen LogP contribution in [0.5, 0.6) is 0 Å². The van der Waals surface area contributed by atoms with Gasteiger partial charge in [0.25, 0.3) is 0 Å². The molecule has 0 N–H and O–H groups in total. The molecule has 0 heterocycles. The normalized spacial score (nSPS) is 11.4. The van der Waals surface area contributed by atoms with Crippen LogP contribution in [0.1, 0.15) is 22.3 Å². The Labute approximate surface area is 223 Å². The van der Waals surface area contributed by atoms with E-state index in [2.05, 4.69) is 20.5 Å². The Balaban J connectivity index is 2.13. The van der Waals surface area contributed by atoms with Crippen molar-refractivity contribution in [1.82, 2.24) is 0 Å². The fourth-order valence-electron chi connectivity index (χ4n) is 2.85. The van der Waals surface area contributed by atoms with E-state index in [0.29, 0.717) is 0 Å². The van der Waals surface area contributed by atoms with E-state index in [1.165, 1.54) is 0 Å². The quantitative estimate of drug-likeness (QED) is 0.159. The summed E-state index contributed by atoms with van der Waals surface area (Å²) in [6.45, 7) is 3.66. The summed E-state index contributed by atoms with van der Waals surface area (Å²) in [5.74, 6) is -7.51. The highest BCUT2D eigenvalue weighted by atomic mass is 35.5. The fourth-order valence-corrected chi connectivity index (χ4v) is 3.38. The summed E-state index contributed by atoms with van der Waals surface area (Å²) in [4.78, 5) is 0. The van der Waals surface area contributed by atoms with E-state index in [0.717, 1.165) is 11.1 Å². The van der Waals surface area contributed by atoms with E-state index in [9.17, 15) is 0 Å². The predicted octanol–water partition coefficient (Wildman–Crippen LogP) is 10.6. The van der Waals surface area contributed by atoms with E-state index >= 15 is 17.6 Å². The van der Waals surface area contributed by atoms with Crippen molar-refractivity contribution in [2.24, 2.45) is 20.5 Å². The van der Waals surface area contributed by atoms with E-state index in [1.54, 1.807) is 48.5 Å². The topological polar surface area (TPSA) is 49.4 Å². The lowest BCUT2D eigenvalue weighted by Gasteiger charge is -2.12. The molecule has 12 heteroatoms. The summed E-state index contributed by atoms with van der Waals surface area (Å²) < 4.78 is 58.8. The zero-order valence-corrected chi connectivity index (χ0v) is 21.5. The maximum atomic E-state index is 15.1. The number of azo groups is 2. The number of hydrogen-bond acceptors (Lipinski definition) is 4. The molecule has 36 heavy (non-hydrogen) atoms. The van der Waals surface area contributed by atoms with Gasteiger partial charge in [-0.3, -0.25) is 0 Å². The molecule has 3 rings (SSSR count). The molecule has 0 radical (unpaired) electrons. The number of aryl methyl sites for hydroxylation is 2. The van der Waals surface area contributed by atoms with Crippen LogP contribution in [-0.2, 0) is 0 Å². The summed E-state index contributed by atoms with van der Waals surface area (Å²) >= 11 is 22.9. The highest BCUT2D eigenvalue weighted by Crippen LogP contribution is 2.39. The summed E-state index contributed by atoms with van der Waals surface area (Å²) in [6, 6.07) is 13.0. The van der Waals surface area contributed by atoms with Crippen LogP contribution in [-0.4, -0.2) is 0 Å². The smallest absolute Gasteiger partial charge is 0.172 e. The molecule has 0 unspecified atom stereocenters. The molecular formula is C24H14Cl4F4N4. The van der Waals surface area contributed by atoms with Gasteiger partial charge in [0.1, 0.15) is 20.4 Å². The van der Waals surface area contributed by atoms with Gasteiger partial charge in [0.05, 0.1) is 22.5 Å². The molecule has 0 amide bonds. The van der Waals surface area contributed by atoms with Crippen LogP contribution in [0.15, 0.2) is 78.0 Å². The molecule has 0 spiro atoms. The Bertz CT molecular complexity index is 1270. The predicted molar refractivity (Wildman–Crippen MR) is 135 cm³/mol. The van der Waals surface area contributed by atoms with Crippen molar-refractivity contribution in [3.63, 3.8) is 0 Å². The molecule has 0 aliphatic carbocycles. The summed E-state index contributed by atoms with van der Waals surface area (Å²) in [5.41, 5.74) is -1.90. The van der Waals surface area contributed by atoms with Crippen molar-refractivity contribution in [3.05, 3.63) is 103 Å². The van der Waals surface area contributed by atoms with Crippen LogP contribution < -0.4 is 0 Å². The van der Waals surface area contributed by atoms with Gasteiger partial charge in [-0.15, -0.1) is 10.2 Å². The largest absolute Gasteiger partial charge is 0.203 e. The highest BCUT2D eigenvalue weighted by Gasteiger charge is 2.31. The third-order valence-electron chi connectivity index (χ3n) is 4.69. The third kappa shape index (κ3) is 6.31.